The van der Waals surface area contributed by atoms with Crippen LogP contribution in [0.4, 0.5) is 0 Å². The van der Waals surface area contributed by atoms with E-state index in [0.29, 0.717) is 16.2 Å². The maximum absolute atomic E-state index is 10.8. The summed E-state index contributed by atoms with van der Waals surface area (Å²) in [5.41, 5.74) is 1.18. The summed E-state index contributed by atoms with van der Waals surface area (Å²) in [4.78, 5) is 8.23. The molecule has 13 heavy (non-hydrogen) atoms. The van der Waals surface area contributed by atoms with Crippen molar-refractivity contribution in [3.8, 4) is 11.4 Å². The minimum absolute atomic E-state index is 0.497. The first-order chi connectivity index (χ1) is 6.36. The van der Waals surface area contributed by atoms with Gasteiger partial charge >= 0.3 is 0 Å². The smallest absolute Gasteiger partial charge is 0.209 e. The quantitative estimate of drug-likeness (QED) is 0.456. The van der Waals surface area contributed by atoms with Crippen molar-refractivity contribution in [3.63, 3.8) is 0 Å². The molecule has 0 radical (unpaired) electrons. The summed E-state index contributed by atoms with van der Waals surface area (Å²) in [6, 6.07) is 5.04. The molecule has 2 rings (SSSR count). The van der Waals surface area contributed by atoms with Gasteiger partial charge in [0.25, 0.3) is 0 Å². The van der Waals surface area contributed by atoms with Crippen molar-refractivity contribution in [2.24, 2.45) is 0 Å². The van der Waals surface area contributed by atoms with Gasteiger partial charge in [-0.3, -0.25) is 0 Å². The molecule has 0 atom stereocenters. The predicted molar refractivity (Wildman–Crippen MR) is 44.2 cm³/mol. The Morgan fingerprint density at radius 1 is 1.23 bits per heavy atom. The maximum Gasteiger partial charge on any atom is 0.209 e. The zero-order valence-corrected chi connectivity index (χ0v) is 6.66. The van der Waals surface area contributed by atoms with E-state index in [1.54, 1.807) is 24.4 Å². The van der Waals surface area contributed by atoms with Crippen LogP contribution in [-0.4, -0.2) is 15.1 Å². The van der Waals surface area contributed by atoms with Crippen LogP contribution >= 0.6 is 0 Å². The SMILES string of the molecule is [O-][n+]1cccc(-c2ccncn2)n1. The average molecular weight is 174 g/mol. The molecule has 0 aliphatic carbocycles. The first-order valence-electron chi connectivity index (χ1n) is 3.69. The van der Waals surface area contributed by atoms with Gasteiger partial charge < -0.3 is 5.21 Å². The van der Waals surface area contributed by atoms with E-state index in [1.807, 2.05) is 0 Å². The van der Waals surface area contributed by atoms with Gasteiger partial charge in [0.1, 0.15) is 6.33 Å². The summed E-state index contributed by atoms with van der Waals surface area (Å²) < 4.78 is 0. The molecule has 0 amide bonds. The second kappa shape index (κ2) is 3.14. The van der Waals surface area contributed by atoms with E-state index in [4.69, 9.17) is 0 Å². The van der Waals surface area contributed by atoms with Gasteiger partial charge in [-0.2, -0.15) is 0 Å². The second-order valence-corrected chi connectivity index (χ2v) is 2.39. The summed E-state index contributed by atoms with van der Waals surface area (Å²) in [6.45, 7) is 0. The summed E-state index contributed by atoms with van der Waals surface area (Å²) in [5, 5.41) is 14.5. The summed E-state index contributed by atoms with van der Waals surface area (Å²) in [7, 11) is 0. The first kappa shape index (κ1) is 7.60. The molecule has 0 saturated heterocycles. The molecule has 0 spiro atoms. The highest BCUT2D eigenvalue weighted by Gasteiger charge is 2.02. The minimum Gasteiger partial charge on any atom is -0.594 e. The van der Waals surface area contributed by atoms with Crippen molar-refractivity contribution in [1.82, 2.24) is 15.1 Å². The molecule has 0 aliphatic heterocycles. The van der Waals surface area contributed by atoms with Gasteiger partial charge in [0.2, 0.25) is 6.20 Å². The molecule has 0 saturated carbocycles. The molecule has 0 fully saturated rings. The molecule has 0 unspecified atom stereocenters. The van der Waals surface area contributed by atoms with Crippen LogP contribution in [0, 0.1) is 5.21 Å². The van der Waals surface area contributed by atoms with Crippen LogP contribution in [0.1, 0.15) is 0 Å². The predicted octanol–water partition coefficient (Wildman–Crippen LogP) is 0.172. The van der Waals surface area contributed by atoms with E-state index in [9.17, 15) is 5.21 Å². The Bertz CT molecular complexity index is 404. The summed E-state index contributed by atoms with van der Waals surface area (Å²) >= 11 is 0. The van der Waals surface area contributed by atoms with Crippen molar-refractivity contribution >= 4 is 0 Å². The standard InChI is InChI=1S/C8H6N4O/c13-12-5-1-2-8(11-12)7-3-4-9-6-10-7/h1-6H. The van der Waals surface area contributed by atoms with Crippen LogP contribution < -0.4 is 4.85 Å². The highest BCUT2D eigenvalue weighted by Crippen LogP contribution is 2.08. The Hall–Kier alpha value is -2.04. The Labute approximate surface area is 74.3 Å². The topological polar surface area (TPSA) is 65.6 Å². The highest BCUT2D eigenvalue weighted by atomic mass is 16.5. The molecular weight excluding hydrogens is 168 g/mol. The highest BCUT2D eigenvalue weighted by molar-refractivity contribution is 5.51. The molecule has 5 nitrogen and oxygen atoms in total. The molecule has 0 bridgehead atoms. The van der Waals surface area contributed by atoms with Crippen LogP contribution in [0.15, 0.2) is 36.9 Å². The minimum atomic E-state index is 0.497. The molecule has 0 N–H and O–H groups in total. The van der Waals surface area contributed by atoms with Crippen molar-refractivity contribution in [2.75, 3.05) is 0 Å². The number of hydrogen-bond acceptors (Lipinski definition) is 4. The van der Waals surface area contributed by atoms with E-state index in [2.05, 4.69) is 15.1 Å². The van der Waals surface area contributed by atoms with E-state index in [-0.39, 0.29) is 0 Å². The number of nitrogens with zero attached hydrogens (tertiary/aromatic N) is 4. The molecule has 5 heteroatoms. The molecule has 0 aliphatic rings. The van der Waals surface area contributed by atoms with Crippen LogP contribution in [0.25, 0.3) is 11.4 Å². The third-order valence-electron chi connectivity index (χ3n) is 1.52. The third-order valence-corrected chi connectivity index (χ3v) is 1.52. The monoisotopic (exact) mass is 174 g/mol. The molecule has 0 aromatic carbocycles. The lowest BCUT2D eigenvalue weighted by atomic mass is 10.3. The molecule has 2 aromatic heterocycles. The van der Waals surface area contributed by atoms with Crippen LogP contribution in [-0.2, 0) is 0 Å². The lowest BCUT2D eigenvalue weighted by Crippen LogP contribution is -2.30. The maximum atomic E-state index is 10.8. The van der Waals surface area contributed by atoms with Crippen LogP contribution in [0.5, 0.6) is 0 Å². The number of hydrogen-bond donors (Lipinski definition) is 0. The third kappa shape index (κ3) is 1.58. The van der Waals surface area contributed by atoms with Crippen molar-refractivity contribution in [3.05, 3.63) is 42.1 Å². The van der Waals surface area contributed by atoms with E-state index < -0.39 is 0 Å². The lowest BCUT2D eigenvalue weighted by Gasteiger charge is -1.96. The van der Waals surface area contributed by atoms with Crippen LogP contribution in [0.3, 0.4) is 0 Å². The molecule has 2 aromatic rings. The number of rotatable bonds is 1. The Kier molecular flexibility index (Phi) is 1.84. The zero-order valence-electron chi connectivity index (χ0n) is 6.66. The van der Waals surface area contributed by atoms with Crippen molar-refractivity contribution in [2.45, 2.75) is 0 Å². The van der Waals surface area contributed by atoms with E-state index >= 15 is 0 Å². The normalized spacial score (nSPS) is 9.85. The van der Waals surface area contributed by atoms with Gasteiger partial charge in [0.05, 0.1) is 5.69 Å². The largest absolute Gasteiger partial charge is 0.594 e. The Morgan fingerprint density at radius 2 is 2.15 bits per heavy atom. The second-order valence-electron chi connectivity index (χ2n) is 2.39. The fourth-order valence-corrected chi connectivity index (χ4v) is 0.959. The lowest BCUT2D eigenvalue weighted by molar-refractivity contribution is -0.668. The van der Waals surface area contributed by atoms with Gasteiger partial charge in [-0.05, 0) is 12.1 Å². The summed E-state index contributed by atoms with van der Waals surface area (Å²) in [6.07, 6.45) is 4.34. The van der Waals surface area contributed by atoms with Crippen LogP contribution in [0.2, 0.25) is 0 Å². The van der Waals surface area contributed by atoms with Gasteiger partial charge in [0, 0.05) is 17.4 Å². The fourth-order valence-electron chi connectivity index (χ4n) is 0.959. The van der Waals surface area contributed by atoms with Crippen molar-refractivity contribution < 1.29 is 4.85 Å². The molecule has 2 heterocycles. The Morgan fingerprint density at radius 3 is 2.85 bits per heavy atom. The summed E-state index contributed by atoms with van der Waals surface area (Å²) in [5.74, 6) is 0. The fraction of sp³-hybridized carbons (Fsp3) is 0. The Balaban J connectivity index is 2.48. The number of aromatic nitrogens is 4. The first-order valence-corrected chi connectivity index (χ1v) is 3.69. The van der Waals surface area contributed by atoms with Gasteiger partial charge in [-0.1, -0.05) is 4.85 Å². The van der Waals surface area contributed by atoms with Gasteiger partial charge in [0.15, 0.2) is 5.69 Å². The van der Waals surface area contributed by atoms with Gasteiger partial charge in [-0.25, -0.2) is 9.97 Å². The molecule has 64 valence electrons. The zero-order chi connectivity index (χ0) is 9.10. The van der Waals surface area contributed by atoms with E-state index in [1.165, 1.54) is 12.5 Å². The average Bonchev–Trinajstić information content (AvgIpc) is 2.19. The van der Waals surface area contributed by atoms with E-state index in [0.717, 1.165) is 0 Å². The van der Waals surface area contributed by atoms with Crippen molar-refractivity contribution in [1.29, 1.82) is 0 Å². The molecular formula is C8H6N4O. The van der Waals surface area contributed by atoms with Gasteiger partial charge in [-0.15, -0.1) is 0 Å².